The number of nitrogens with one attached hydrogen (secondary N) is 2. The molecule has 1 aliphatic carbocycles. The van der Waals surface area contributed by atoms with Gasteiger partial charge in [0.15, 0.2) is 0 Å². The van der Waals surface area contributed by atoms with Crippen molar-refractivity contribution in [3.05, 3.63) is 58.8 Å². The molecule has 1 aromatic heterocycles. The maximum Gasteiger partial charge on any atom is 0.246 e. The summed E-state index contributed by atoms with van der Waals surface area (Å²) in [5, 5.41) is 8.12. The zero-order valence-electron chi connectivity index (χ0n) is 20.7. The van der Waals surface area contributed by atoms with Crippen molar-refractivity contribution in [2.24, 2.45) is 11.8 Å². The number of fused-ring (bicyclic) bond motifs is 1. The summed E-state index contributed by atoms with van der Waals surface area (Å²) in [7, 11) is 1.57. The lowest BCUT2D eigenvalue weighted by Gasteiger charge is -2.34. The van der Waals surface area contributed by atoms with Crippen LogP contribution in [0.2, 0.25) is 0 Å². The van der Waals surface area contributed by atoms with E-state index in [0.29, 0.717) is 18.0 Å². The molecule has 3 amide bonds. The molecular formula is C28H31N3O5S. The molecular weight excluding hydrogens is 490 g/mol. The number of hydrogen-bond acceptors (Lipinski definition) is 6. The smallest absolute Gasteiger partial charge is 0.246 e. The highest BCUT2D eigenvalue weighted by atomic mass is 32.1. The Morgan fingerprint density at radius 1 is 1.16 bits per heavy atom. The van der Waals surface area contributed by atoms with E-state index >= 15 is 0 Å². The van der Waals surface area contributed by atoms with E-state index in [1.807, 2.05) is 29.7 Å². The number of hydrogen-bond donors (Lipinski definition) is 2. The fourth-order valence-corrected chi connectivity index (χ4v) is 7.16. The van der Waals surface area contributed by atoms with Gasteiger partial charge in [-0.2, -0.15) is 0 Å². The van der Waals surface area contributed by atoms with E-state index in [-0.39, 0.29) is 23.8 Å². The number of thiophene rings is 1. The average molecular weight is 522 g/mol. The first-order valence-electron chi connectivity index (χ1n) is 13.0. The molecule has 2 saturated heterocycles. The van der Waals surface area contributed by atoms with Gasteiger partial charge in [-0.25, -0.2) is 0 Å². The number of amides is 3. The van der Waals surface area contributed by atoms with Crippen LogP contribution in [0.15, 0.2) is 53.9 Å². The van der Waals surface area contributed by atoms with Gasteiger partial charge in [0.2, 0.25) is 17.7 Å². The Balaban J connectivity index is 1.31. The molecule has 0 radical (unpaired) electrons. The minimum Gasteiger partial charge on any atom is -0.497 e. The standard InChI is InChI=1S/C28H31N3O5S/c1-35-19-10-5-9-18(15-19)30-25(32)22-21-12-13-28(36-21)23(22)27(34)31(16-20-11-6-14-37-20)24(28)26(33)29-17-7-3-2-4-8-17/h5-6,9-15,17,21-24H,2-4,7-8,16H2,1H3,(H,29,33)(H,30,32)/t21-,22+,23-,24+,28-/m1/s1. The second-order valence-corrected chi connectivity index (χ2v) is 11.3. The summed E-state index contributed by atoms with van der Waals surface area (Å²) in [6.45, 7) is 0.309. The van der Waals surface area contributed by atoms with Crippen LogP contribution in [0, 0.1) is 11.8 Å². The quantitative estimate of drug-likeness (QED) is 0.544. The molecule has 6 rings (SSSR count). The number of nitrogens with zero attached hydrogens (tertiary/aromatic N) is 1. The second-order valence-electron chi connectivity index (χ2n) is 10.3. The summed E-state index contributed by atoms with van der Waals surface area (Å²) in [5.74, 6) is -1.59. The van der Waals surface area contributed by atoms with Gasteiger partial charge in [-0.05, 0) is 36.4 Å². The monoisotopic (exact) mass is 521 g/mol. The maximum absolute atomic E-state index is 14.0. The summed E-state index contributed by atoms with van der Waals surface area (Å²) in [6, 6.07) is 10.3. The predicted octanol–water partition coefficient (Wildman–Crippen LogP) is 3.49. The Kier molecular flexibility index (Phi) is 6.28. The summed E-state index contributed by atoms with van der Waals surface area (Å²) in [6.07, 6.45) is 8.39. The Morgan fingerprint density at radius 3 is 2.76 bits per heavy atom. The number of carbonyl (C=O) groups excluding carboxylic acids is 3. The molecule has 3 fully saturated rings. The highest BCUT2D eigenvalue weighted by molar-refractivity contribution is 7.09. The summed E-state index contributed by atoms with van der Waals surface area (Å²) < 4.78 is 11.7. The van der Waals surface area contributed by atoms with Crippen LogP contribution < -0.4 is 15.4 Å². The zero-order valence-corrected chi connectivity index (χ0v) is 21.5. The van der Waals surface area contributed by atoms with Crippen LogP contribution in [0.4, 0.5) is 5.69 Å². The number of rotatable bonds is 7. The van der Waals surface area contributed by atoms with E-state index in [2.05, 4.69) is 10.6 Å². The van der Waals surface area contributed by atoms with Crippen LogP contribution in [0.5, 0.6) is 5.75 Å². The average Bonchev–Trinajstić information content (AvgIpc) is 3.68. The lowest BCUT2D eigenvalue weighted by atomic mass is 9.74. The van der Waals surface area contributed by atoms with E-state index in [0.717, 1.165) is 30.6 Å². The number of carbonyl (C=O) groups is 3. The second kappa shape index (κ2) is 9.61. The van der Waals surface area contributed by atoms with Crippen molar-refractivity contribution in [3.63, 3.8) is 0 Å². The SMILES string of the molecule is COc1cccc(NC(=O)[C@H]2[C@H]3C=C[C@]4(O3)[C@H](C(=O)NC3CCCCC3)N(Cc3cccs3)C(=O)[C@@H]24)c1. The molecule has 194 valence electrons. The summed E-state index contributed by atoms with van der Waals surface area (Å²) in [5.41, 5.74) is -0.577. The van der Waals surface area contributed by atoms with Crippen molar-refractivity contribution in [2.45, 2.75) is 62.4 Å². The van der Waals surface area contributed by atoms with Crippen LogP contribution in [0.1, 0.15) is 37.0 Å². The predicted molar refractivity (Wildman–Crippen MR) is 139 cm³/mol. The fraction of sp³-hybridized carbons (Fsp3) is 0.464. The van der Waals surface area contributed by atoms with Gasteiger partial charge in [-0.3, -0.25) is 14.4 Å². The van der Waals surface area contributed by atoms with Crippen molar-refractivity contribution in [1.29, 1.82) is 0 Å². The Bertz CT molecular complexity index is 1220. The third kappa shape index (κ3) is 4.14. The van der Waals surface area contributed by atoms with Gasteiger partial charge in [0.05, 0.1) is 31.6 Å². The Hall–Kier alpha value is -3.17. The molecule has 4 heterocycles. The van der Waals surface area contributed by atoms with Gasteiger partial charge in [-0.1, -0.05) is 43.5 Å². The molecule has 2 bridgehead atoms. The fourth-order valence-electron chi connectivity index (χ4n) is 6.46. The third-order valence-electron chi connectivity index (χ3n) is 8.12. The van der Waals surface area contributed by atoms with Gasteiger partial charge in [0.1, 0.15) is 17.4 Å². The molecule has 2 N–H and O–H groups in total. The van der Waals surface area contributed by atoms with E-state index in [9.17, 15) is 14.4 Å². The van der Waals surface area contributed by atoms with Gasteiger partial charge in [0.25, 0.3) is 0 Å². The minimum absolute atomic E-state index is 0.102. The minimum atomic E-state index is -1.16. The molecule has 4 aliphatic rings. The first-order valence-corrected chi connectivity index (χ1v) is 13.8. The van der Waals surface area contributed by atoms with Crippen molar-refractivity contribution in [1.82, 2.24) is 10.2 Å². The zero-order chi connectivity index (χ0) is 25.6. The molecule has 1 saturated carbocycles. The molecule has 1 spiro atoms. The molecule has 3 aliphatic heterocycles. The van der Waals surface area contributed by atoms with Crippen LogP contribution in [-0.4, -0.2) is 53.5 Å². The van der Waals surface area contributed by atoms with E-state index in [1.54, 1.807) is 47.6 Å². The third-order valence-corrected chi connectivity index (χ3v) is 8.98. The lowest BCUT2D eigenvalue weighted by molar-refractivity contribution is -0.142. The van der Waals surface area contributed by atoms with Crippen molar-refractivity contribution < 1.29 is 23.9 Å². The Morgan fingerprint density at radius 2 is 2.00 bits per heavy atom. The van der Waals surface area contributed by atoms with Crippen molar-refractivity contribution in [2.75, 3.05) is 12.4 Å². The van der Waals surface area contributed by atoms with Crippen LogP contribution in [0.25, 0.3) is 0 Å². The van der Waals surface area contributed by atoms with E-state index < -0.39 is 29.6 Å². The van der Waals surface area contributed by atoms with Gasteiger partial charge >= 0.3 is 0 Å². The van der Waals surface area contributed by atoms with Crippen LogP contribution in [-0.2, 0) is 25.7 Å². The summed E-state index contributed by atoms with van der Waals surface area (Å²) in [4.78, 5) is 44.0. The normalized spacial score (nSPS) is 30.4. The van der Waals surface area contributed by atoms with Crippen molar-refractivity contribution >= 4 is 34.7 Å². The number of anilines is 1. The number of ether oxygens (including phenoxy) is 2. The van der Waals surface area contributed by atoms with Crippen LogP contribution in [0.3, 0.4) is 0 Å². The molecule has 9 heteroatoms. The maximum atomic E-state index is 14.0. The highest BCUT2D eigenvalue weighted by Gasteiger charge is 2.72. The van der Waals surface area contributed by atoms with E-state index in [4.69, 9.17) is 9.47 Å². The topological polar surface area (TPSA) is 97.0 Å². The van der Waals surface area contributed by atoms with Gasteiger partial charge < -0.3 is 25.0 Å². The Labute approximate surface area is 220 Å². The van der Waals surface area contributed by atoms with Gasteiger partial charge in [0, 0.05) is 22.7 Å². The molecule has 5 atom stereocenters. The first kappa shape index (κ1) is 24.2. The van der Waals surface area contributed by atoms with Crippen molar-refractivity contribution in [3.8, 4) is 5.75 Å². The number of benzene rings is 1. The molecule has 1 aromatic carbocycles. The lowest BCUT2D eigenvalue weighted by Crippen LogP contribution is -2.56. The highest BCUT2D eigenvalue weighted by Crippen LogP contribution is 2.55. The molecule has 8 nitrogen and oxygen atoms in total. The first-order chi connectivity index (χ1) is 18.0. The largest absolute Gasteiger partial charge is 0.497 e. The molecule has 37 heavy (non-hydrogen) atoms. The van der Waals surface area contributed by atoms with E-state index in [1.165, 1.54) is 6.42 Å². The molecule has 2 aromatic rings. The van der Waals surface area contributed by atoms with Crippen LogP contribution >= 0.6 is 11.3 Å². The van der Waals surface area contributed by atoms with Gasteiger partial charge in [-0.15, -0.1) is 11.3 Å². The summed E-state index contributed by atoms with van der Waals surface area (Å²) >= 11 is 1.54. The molecule has 0 unspecified atom stereocenters. The number of methoxy groups -OCH3 is 1. The number of likely N-dealkylation sites (tertiary alicyclic amines) is 1.